The fourth-order valence-corrected chi connectivity index (χ4v) is 3.00. The average Bonchev–Trinajstić information content (AvgIpc) is 3.05. The zero-order chi connectivity index (χ0) is 18.5. The van der Waals surface area contributed by atoms with Gasteiger partial charge in [0, 0.05) is 17.8 Å². The maximum atomic E-state index is 13.2. The molecule has 2 aromatic rings. The van der Waals surface area contributed by atoms with Crippen LogP contribution in [0, 0.1) is 5.82 Å². The molecule has 0 bridgehead atoms. The molecule has 1 heterocycles. The van der Waals surface area contributed by atoms with E-state index in [2.05, 4.69) is 17.0 Å². The number of amides is 1. The zero-order valence-electron chi connectivity index (χ0n) is 14.3. The fraction of sp³-hybridized carbons (Fsp3) is 0.316. The summed E-state index contributed by atoms with van der Waals surface area (Å²) in [5.41, 5.74) is 2.69. The number of aromatic nitrogens is 2. The number of rotatable bonds is 6. The Morgan fingerprint density at radius 1 is 1.27 bits per heavy atom. The number of hydrogen-bond donors (Lipinski definition) is 1. The van der Waals surface area contributed by atoms with E-state index in [0.29, 0.717) is 12.2 Å². The third-order valence-corrected chi connectivity index (χ3v) is 4.22. The standard InChI is InChI=1S/C19H20FN3O3/c1-2-11-21-17(24)12-26-19(25)18-15-5-3-4-6-16(15)23(22-18)14-9-7-13(20)8-10-14/h2,7-10H,1,3-6,11-12H2,(H,21,24). The van der Waals surface area contributed by atoms with Gasteiger partial charge in [0.25, 0.3) is 5.91 Å². The summed E-state index contributed by atoms with van der Waals surface area (Å²) >= 11 is 0. The molecule has 0 saturated heterocycles. The van der Waals surface area contributed by atoms with Crippen molar-refractivity contribution in [3.05, 3.63) is 59.7 Å². The summed E-state index contributed by atoms with van der Waals surface area (Å²) in [6.45, 7) is 3.44. The van der Waals surface area contributed by atoms with E-state index < -0.39 is 11.9 Å². The van der Waals surface area contributed by atoms with Crippen LogP contribution in [0.25, 0.3) is 5.69 Å². The van der Waals surface area contributed by atoms with Crippen molar-refractivity contribution in [1.82, 2.24) is 15.1 Å². The Hall–Kier alpha value is -2.96. The smallest absolute Gasteiger partial charge is 0.359 e. The molecule has 0 radical (unpaired) electrons. The summed E-state index contributed by atoms with van der Waals surface area (Å²) in [5.74, 6) is -1.36. The van der Waals surface area contributed by atoms with E-state index in [0.717, 1.165) is 36.9 Å². The number of esters is 1. The van der Waals surface area contributed by atoms with Gasteiger partial charge in [-0.05, 0) is 49.9 Å². The molecule has 1 aliphatic carbocycles. The Labute approximate surface area is 150 Å². The van der Waals surface area contributed by atoms with Crippen molar-refractivity contribution < 1.29 is 18.7 Å². The molecule has 26 heavy (non-hydrogen) atoms. The molecule has 1 N–H and O–H groups in total. The van der Waals surface area contributed by atoms with Crippen LogP contribution in [-0.4, -0.2) is 34.8 Å². The number of nitrogens with one attached hydrogen (secondary N) is 1. The van der Waals surface area contributed by atoms with Gasteiger partial charge in [0.05, 0.1) is 5.69 Å². The Morgan fingerprint density at radius 3 is 2.73 bits per heavy atom. The number of ether oxygens (including phenoxy) is 1. The molecule has 1 aromatic heterocycles. The lowest BCUT2D eigenvalue weighted by Crippen LogP contribution is -2.29. The highest BCUT2D eigenvalue weighted by Gasteiger charge is 2.26. The quantitative estimate of drug-likeness (QED) is 0.636. The van der Waals surface area contributed by atoms with Gasteiger partial charge in [-0.2, -0.15) is 5.10 Å². The second kappa shape index (κ2) is 7.95. The molecule has 1 aromatic carbocycles. The molecule has 136 valence electrons. The number of fused-ring (bicyclic) bond motifs is 1. The Balaban J connectivity index is 1.83. The van der Waals surface area contributed by atoms with Crippen LogP contribution in [0.3, 0.4) is 0 Å². The summed E-state index contributed by atoms with van der Waals surface area (Å²) < 4.78 is 20.0. The van der Waals surface area contributed by atoms with Gasteiger partial charge in [-0.3, -0.25) is 4.79 Å². The number of halogens is 1. The molecule has 0 atom stereocenters. The van der Waals surface area contributed by atoms with Crippen molar-refractivity contribution in [2.75, 3.05) is 13.2 Å². The van der Waals surface area contributed by atoms with Crippen molar-refractivity contribution in [2.24, 2.45) is 0 Å². The average molecular weight is 357 g/mol. The van der Waals surface area contributed by atoms with Crippen LogP contribution < -0.4 is 5.32 Å². The summed E-state index contributed by atoms with van der Waals surface area (Å²) in [7, 11) is 0. The minimum Gasteiger partial charge on any atom is -0.451 e. The van der Waals surface area contributed by atoms with Crippen LogP contribution in [0.1, 0.15) is 34.6 Å². The normalized spacial score (nSPS) is 13.0. The maximum absolute atomic E-state index is 13.2. The summed E-state index contributed by atoms with van der Waals surface area (Å²) in [4.78, 5) is 24.0. The molecule has 1 amide bonds. The molecule has 3 rings (SSSR count). The van der Waals surface area contributed by atoms with E-state index in [1.54, 1.807) is 22.9 Å². The molecule has 0 unspecified atom stereocenters. The highest BCUT2D eigenvalue weighted by atomic mass is 19.1. The van der Waals surface area contributed by atoms with E-state index in [4.69, 9.17) is 4.74 Å². The second-order valence-electron chi connectivity index (χ2n) is 6.04. The van der Waals surface area contributed by atoms with Crippen molar-refractivity contribution >= 4 is 11.9 Å². The monoisotopic (exact) mass is 357 g/mol. The topological polar surface area (TPSA) is 73.2 Å². The van der Waals surface area contributed by atoms with Gasteiger partial charge in [0.1, 0.15) is 5.82 Å². The van der Waals surface area contributed by atoms with Crippen molar-refractivity contribution in [2.45, 2.75) is 25.7 Å². The molecular weight excluding hydrogens is 337 g/mol. The molecule has 0 aliphatic heterocycles. The number of carbonyl (C=O) groups excluding carboxylic acids is 2. The van der Waals surface area contributed by atoms with Gasteiger partial charge in [0.2, 0.25) is 0 Å². The first-order valence-corrected chi connectivity index (χ1v) is 8.51. The third kappa shape index (κ3) is 3.82. The molecule has 7 heteroatoms. The fourth-order valence-electron chi connectivity index (χ4n) is 3.00. The van der Waals surface area contributed by atoms with Gasteiger partial charge in [-0.15, -0.1) is 6.58 Å². The molecule has 6 nitrogen and oxygen atoms in total. The number of nitrogens with zero attached hydrogens (tertiary/aromatic N) is 2. The lowest BCUT2D eigenvalue weighted by molar-refractivity contribution is -0.124. The minimum absolute atomic E-state index is 0.223. The third-order valence-electron chi connectivity index (χ3n) is 4.22. The largest absolute Gasteiger partial charge is 0.451 e. The lowest BCUT2D eigenvalue weighted by Gasteiger charge is -2.14. The van der Waals surface area contributed by atoms with E-state index in [1.165, 1.54) is 12.1 Å². The minimum atomic E-state index is -0.627. The first kappa shape index (κ1) is 17.8. The van der Waals surface area contributed by atoms with Crippen LogP contribution in [0.15, 0.2) is 36.9 Å². The zero-order valence-corrected chi connectivity index (χ0v) is 14.3. The Kier molecular flexibility index (Phi) is 5.46. The van der Waals surface area contributed by atoms with Crippen LogP contribution in [0.5, 0.6) is 0 Å². The first-order chi connectivity index (χ1) is 12.6. The molecule has 0 spiro atoms. The summed E-state index contributed by atoms with van der Waals surface area (Å²) in [5, 5.41) is 6.95. The second-order valence-corrected chi connectivity index (χ2v) is 6.04. The van der Waals surface area contributed by atoms with Crippen LogP contribution in [0.4, 0.5) is 4.39 Å². The van der Waals surface area contributed by atoms with Gasteiger partial charge >= 0.3 is 5.97 Å². The van der Waals surface area contributed by atoms with Gasteiger partial charge in [0.15, 0.2) is 12.3 Å². The summed E-state index contributed by atoms with van der Waals surface area (Å²) in [6, 6.07) is 5.95. The highest BCUT2D eigenvalue weighted by molar-refractivity contribution is 5.91. The van der Waals surface area contributed by atoms with E-state index in [-0.39, 0.29) is 18.1 Å². The summed E-state index contributed by atoms with van der Waals surface area (Å²) in [6.07, 6.45) is 5.01. The van der Waals surface area contributed by atoms with E-state index in [1.807, 2.05) is 0 Å². The predicted octanol–water partition coefficient (Wildman–Crippen LogP) is 2.35. The van der Waals surface area contributed by atoms with Crippen LogP contribution >= 0.6 is 0 Å². The highest BCUT2D eigenvalue weighted by Crippen LogP contribution is 2.27. The van der Waals surface area contributed by atoms with Gasteiger partial charge < -0.3 is 10.1 Å². The van der Waals surface area contributed by atoms with E-state index >= 15 is 0 Å². The maximum Gasteiger partial charge on any atom is 0.359 e. The Morgan fingerprint density at radius 2 is 2.00 bits per heavy atom. The number of benzene rings is 1. The SMILES string of the molecule is C=CCNC(=O)COC(=O)c1nn(-c2ccc(F)cc2)c2c1CCCC2. The van der Waals surface area contributed by atoms with Crippen molar-refractivity contribution in [1.29, 1.82) is 0 Å². The number of hydrogen-bond acceptors (Lipinski definition) is 4. The van der Waals surface area contributed by atoms with Crippen LogP contribution in [0.2, 0.25) is 0 Å². The van der Waals surface area contributed by atoms with Crippen molar-refractivity contribution in [3.8, 4) is 5.69 Å². The Bertz CT molecular complexity index is 827. The molecule has 0 fully saturated rings. The van der Waals surface area contributed by atoms with Crippen molar-refractivity contribution in [3.63, 3.8) is 0 Å². The van der Waals surface area contributed by atoms with E-state index in [9.17, 15) is 14.0 Å². The lowest BCUT2D eigenvalue weighted by atomic mass is 9.95. The predicted molar refractivity (Wildman–Crippen MR) is 93.7 cm³/mol. The van der Waals surface area contributed by atoms with Gasteiger partial charge in [-0.25, -0.2) is 13.9 Å². The van der Waals surface area contributed by atoms with Crippen LogP contribution in [-0.2, 0) is 22.4 Å². The first-order valence-electron chi connectivity index (χ1n) is 8.51. The number of carbonyl (C=O) groups is 2. The van der Waals surface area contributed by atoms with Gasteiger partial charge in [-0.1, -0.05) is 6.08 Å². The molecule has 0 saturated carbocycles. The molecule has 1 aliphatic rings. The molecular formula is C19H20FN3O3.